The highest BCUT2D eigenvalue weighted by atomic mass is 16.5. The second kappa shape index (κ2) is 5.98. The molecule has 0 bridgehead atoms. The molecule has 2 aromatic rings. The number of nitriles is 1. The van der Waals surface area contributed by atoms with Crippen molar-refractivity contribution in [1.82, 2.24) is 15.0 Å². The Bertz CT molecular complexity index is 725. The van der Waals surface area contributed by atoms with Crippen LogP contribution in [0.1, 0.15) is 23.5 Å². The zero-order chi connectivity index (χ0) is 15.5. The van der Waals surface area contributed by atoms with E-state index in [1.807, 2.05) is 26.0 Å². The maximum Gasteiger partial charge on any atom is 0.226 e. The van der Waals surface area contributed by atoms with Gasteiger partial charge in [-0.2, -0.15) is 5.26 Å². The van der Waals surface area contributed by atoms with E-state index >= 15 is 0 Å². The summed E-state index contributed by atoms with van der Waals surface area (Å²) in [6.45, 7) is 5.33. The summed E-state index contributed by atoms with van der Waals surface area (Å²) in [7, 11) is 0. The van der Waals surface area contributed by atoms with E-state index in [9.17, 15) is 0 Å². The molecule has 1 aliphatic heterocycles. The first-order valence-electron chi connectivity index (χ1n) is 7.24. The fourth-order valence-corrected chi connectivity index (χ4v) is 2.53. The average molecular weight is 295 g/mol. The molecule has 1 unspecified atom stereocenters. The number of ether oxygens (including phenoxy) is 1. The molecule has 2 aromatic heterocycles. The van der Waals surface area contributed by atoms with Gasteiger partial charge in [0, 0.05) is 24.9 Å². The average Bonchev–Trinajstić information content (AvgIpc) is 2.97. The molecule has 0 saturated carbocycles. The molecule has 0 amide bonds. The van der Waals surface area contributed by atoms with Crippen LogP contribution in [0.15, 0.2) is 24.4 Å². The number of hydrogen-bond donors (Lipinski definition) is 0. The molecule has 112 valence electrons. The molecule has 1 fully saturated rings. The van der Waals surface area contributed by atoms with Crippen LogP contribution in [0, 0.1) is 25.2 Å². The van der Waals surface area contributed by atoms with Crippen molar-refractivity contribution < 1.29 is 4.74 Å². The van der Waals surface area contributed by atoms with Crippen LogP contribution in [0.5, 0.6) is 5.75 Å². The van der Waals surface area contributed by atoms with Gasteiger partial charge in [-0.15, -0.1) is 0 Å². The lowest BCUT2D eigenvalue weighted by atomic mass is 10.3. The van der Waals surface area contributed by atoms with Crippen molar-refractivity contribution in [3.8, 4) is 11.8 Å². The highest BCUT2D eigenvalue weighted by Crippen LogP contribution is 2.23. The predicted molar refractivity (Wildman–Crippen MR) is 81.7 cm³/mol. The first-order chi connectivity index (χ1) is 10.7. The van der Waals surface area contributed by atoms with Crippen molar-refractivity contribution in [2.45, 2.75) is 26.4 Å². The van der Waals surface area contributed by atoms with Crippen LogP contribution < -0.4 is 9.64 Å². The SMILES string of the molecule is Cc1cc(C#N)nc(N2CCC(Oc3cccnc3C)C2)n1. The van der Waals surface area contributed by atoms with Crippen molar-refractivity contribution in [3.05, 3.63) is 41.5 Å². The van der Waals surface area contributed by atoms with Crippen LogP contribution in [0.25, 0.3) is 0 Å². The molecule has 1 saturated heterocycles. The van der Waals surface area contributed by atoms with Crippen LogP contribution in [0.4, 0.5) is 5.95 Å². The van der Waals surface area contributed by atoms with Crippen LogP contribution >= 0.6 is 0 Å². The molecule has 3 rings (SSSR count). The number of aryl methyl sites for hydroxylation is 2. The van der Waals surface area contributed by atoms with Crippen molar-refractivity contribution in [3.63, 3.8) is 0 Å². The van der Waals surface area contributed by atoms with Gasteiger partial charge in [0.1, 0.15) is 23.6 Å². The van der Waals surface area contributed by atoms with Gasteiger partial charge in [-0.05, 0) is 32.0 Å². The van der Waals surface area contributed by atoms with E-state index in [0.29, 0.717) is 18.2 Å². The fourth-order valence-electron chi connectivity index (χ4n) is 2.53. The van der Waals surface area contributed by atoms with E-state index in [1.54, 1.807) is 12.3 Å². The molecule has 22 heavy (non-hydrogen) atoms. The third-order valence-corrected chi connectivity index (χ3v) is 3.64. The fraction of sp³-hybridized carbons (Fsp3) is 0.375. The normalized spacial score (nSPS) is 17.3. The quantitative estimate of drug-likeness (QED) is 0.862. The standard InChI is InChI=1S/C16H17N5O/c1-11-8-13(9-17)20-16(19-11)21-7-5-14(10-21)22-15-4-3-6-18-12(15)2/h3-4,6,8,14H,5,7,10H2,1-2H3. The van der Waals surface area contributed by atoms with Gasteiger partial charge in [0.05, 0.1) is 12.2 Å². The summed E-state index contributed by atoms with van der Waals surface area (Å²) in [6.07, 6.45) is 2.73. The summed E-state index contributed by atoms with van der Waals surface area (Å²) in [4.78, 5) is 15.0. The summed E-state index contributed by atoms with van der Waals surface area (Å²) >= 11 is 0. The number of rotatable bonds is 3. The zero-order valence-corrected chi connectivity index (χ0v) is 12.7. The van der Waals surface area contributed by atoms with E-state index in [1.165, 1.54) is 0 Å². The molecule has 6 nitrogen and oxygen atoms in total. The first-order valence-corrected chi connectivity index (χ1v) is 7.24. The topological polar surface area (TPSA) is 74.9 Å². The molecule has 6 heteroatoms. The smallest absolute Gasteiger partial charge is 0.226 e. The number of nitrogens with zero attached hydrogens (tertiary/aromatic N) is 5. The molecule has 0 aliphatic carbocycles. The largest absolute Gasteiger partial charge is 0.487 e. The van der Waals surface area contributed by atoms with E-state index in [0.717, 1.165) is 30.1 Å². The van der Waals surface area contributed by atoms with Crippen LogP contribution in [-0.4, -0.2) is 34.1 Å². The molecule has 3 heterocycles. The summed E-state index contributed by atoms with van der Waals surface area (Å²) in [5.74, 6) is 1.42. The summed E-state index contributed by atoms with van der Waals surface area (Å²) in [6, 6.07) is 7.57. The molecule has 0 aromatic carbocycles. The Hall–Kier alpha value is -2.68. The van der Waals surface area contributed by atoms with Gasteiger partial charge in [-0.25, -0.2) is 9.97 Å². The van der Waals surface area contributed by atoms with Gasteiger partial charge in [-0.1, -0.05) is 0 Å². The molecule has 0 spiro atoms. The number of aromatic nitrogens is 3. The third kappa shape index (κ3) is 2.98. The Morgan fingerprint density at radius 3 is 3.00 bits per heavy atom. The van der Waals surface area contributed by atoms with Gasteiger partial charge in [0.15, 0.2) is 0 Å². The van der Waals surface area contributed by atoms with Gasteiger partial charge in [0.25, 0.3) is 0 Å². The molecule has 0 N–H and O–H groups in total. The van der Waals surface area contributed by atoms with Gasteiger partial charge < -0.3 is 9.64 Å². The minimum absolute atomic E-state index is 0.0811. The Labute approximate surface area is 129 Å². The molecule has 1 atom stereocenters. The van der Waals surface area contributed by atoms with Gasteiger partial charge in [0.2, 0.25) is 5.95 Å². The second-order valence-corrected chi connectivity index (χ2v) is 5.37. The summed E-state index contributed by atoms with van der Waals surface area (Å²) in [5.41, 5.74) is 2.09. The maximum atomic E-state index is 9.02. The first kappa shape index (κ1) is 14.3. The second-order valence-electron chi connectivity index (χ2n) is 5.37. The molecule has 0 radical (unpaired) electrons. The number of hydrogen-bond acceptors (Lipinski definition) is 6. The highest BCUT2D eigenvalue weighted by Gasteiger charge is 2.26. The lowest BCUT2D eigenvalue weighted by molar-refractivity contribution is 0.222. The van der Waals surface area contributed by atoms with E-state index in [4.69, 9.17) is 10.00 Å². The Morgan fingerprint density at radius 2 is 2.23 bits per heavy atom. The van der Waals surface area contributed by atoms with E-state index < -0.39 is 0 Å². The third-order valence-electron chi connectivity index (χ3n) is 3.64. The van der Waals surface area contributed by atoms with Crippen molar-refractivity contribution >= 4 is 5.95 Å². The van der Waals surface area contributed by atoms with Crippen LogP contribution in [0.2, 0.25) is 0 Å². The predicted octanol–water partition coefficient (Wildman–Crippen LogP) is 2.02. The zero-order valence-electron chi connectivity index (χ0n) is 12.7. The molecule has 1 aliphatic rings. The number of anilines is 1. The Morgan fingerprint density at radius 1 is 1.36 bits per heavy atom. The van der Waals surface area contributed by atoms with Crippen LogP contribution in [0.3, 0.4) is 0 Å². The molecular formula is C16H17N5O. The van der Waals surface area contributed by atoms with Gasteiger partial charge >= 0.3 is 0 Å². The van der Waals surface area contributed by atoms with E-state index in [-0.39, 0.29) is 6.10 Å². The van der Waals surface area contributed by atoms with Crippen molar-refractivity contribution in [1.29, 1.82) is 5.26 Å². The summed E-state index contributed by atoms with van der Waals surface area (Å²) in [5, 5.41) is 9.02. The van der Waals surface area contributed by atoms with Crippen molar-refractivity contribution in [2.24, 2.45) is 0 Å². The lowest BCUT2D eigenvalue weighted by Gasteiger charge is -2.18. The van der Waals surface area contributed by atoms with Crippen LogP contribution in [-0.2, 0) is 0 Å². The lowest BCUT2D eigenvalue weighted by Crippen LogP contribution is -2.26. The Balaban J connectivity index is 1.71. The maximum absolute atomic E-state index is 9.02. The Kier molecular flexibility index (Phi) is 3.88. The minimum Gasteiger partial charge on any atom is -0.487 e. The monoisotopic (exact) mass is 295 g/mol. The van der Waals surface area contributed by atoms with Crippen molar-refractivity contribution in [2.75, 3.05) is 18.0 Å². The summed E-state index contributed by atoms with van der Waals surface area (Å²) < 4.78 is 6.02. The minimum atomic E-state index is 0.0811. The van der Waals surface area contributed by atoms with Gasteiger partial charge in [-0.3, -0.25) is 4.98 Å². The highest BCUT2D eigenvalue weighted by molar-refractivity contribution is 5.37. The van der Waals surface area contributed by atoms with E-state index in [2.05, 4.69) is 25.9 Å². The molecular weight excluding hydrogens is 278 g/mol. The number of pyridine rings is 1.